The fourth-order valence-corrected chi connectivity index (χ4v) is 4.33. The predicted molar refractivity (Wildman–Crippen MR) is 103 cm³/mol. The Labute approximate surface area is 156 Å². The molecule has 138 valence electrons. The van der Waals surface area contributed by atoms with E-state index < -0.39 is 0 Å². The second kappa shape index (κ2) is 9.02. The van der Waals surface area contributed by atoms with Crippen LogP contribution in [0, 0.1) is 5.92 Å². The largest absolute Gasteiger partial charge is 0.354 e. The summed E-state index contributed by atoms with van der Waals surface area (Å²) in [6.07, 6.45) is 5.46. The van der Waals surface area contributed by atoms with E-state index in [4.69, 9.17) is 11.6 Å². The second-order valence-corrected chi connectivity index (χ2v) is 7.78. The fraction of sp³-hybridized carbons (Fsp3) is 0.650. The van der Waals surface area contributed by atoms with Crippen molar-refractivity contribution in [1.82, 2.24) is 15.5 Å². The summed E-state index contributed by atoms with van der Waals surface area (Å²) in [7, 11) is 0. The molecule has 0 saturated carbocycles. The van der Waals surface area contributed by atoms with Crippen molar-refractivity contribution in [3.05, 3.63) is 34.3 Å². The van der Waals surface area contributed by atoms with Crippen LogP contribution in [0.4, 0.5) is 0 Å². The standard InChI is InChI=1S/C20H30ClN3O/c1-2-16-7-3-8-18(21)17(16)14-24-11-5-6-15(13-24)12-23-20(25)19-9-4-10-22-19/h3,7-8,15,19,22H,2,4-6,9-14H2,1H3,(H,23,25). The lowest BCUT2D eigenvalue weighted by molar-refractivity contribution is -0.123. The van der Waals surface area contributed by atoms with Gasteiger partial charge in [-0.05, 0) is 68.3 Å². The van der Waals surface area contributed by atoms with Crippen LogP contribution in [-0.4, -0.2) is 43.0 Å². The van der Waals surface area contributed by atoms with Crippen molar-refractivity contribution in [2.45, 2.75) is 51.6 Å². The summed E-state index contributed by atoms with van der Waals surface area (Å²) in [5.41, 5.74) is 2.61. The Morgan fingerprint density at radius 2 is 2.24 bits per heavy atom. The third-order valence-corrected chi connectivity index (χ3v) is 5.88. The minimum Gasteiger partial charge on any atom is -0.354 e. The van der Waals surface area contributed by atoms with Crippen LogP contribution in [0.25, 0.3) is 0 Å². The zero-order chi connectivity index (χ0) is 17.6. The van der Waals surface area contributed by atoms with Crippen LogP contribution in [0.5, 0.6) is 0 Å². The number of hydrogen-bond acceptors (Lipinski definition) is 3. The maximum atomic E-state index is 12.2. The summed E-state index contributed by atoms with van der Waals surface area (Å²) in [5.74, 6) is 0.709. The molecule has 0 aliphatic carbocycles. The first-order valence-electron chi connectivity index (χ1n) is 9.67. The summed E-state index contributed by atoms with van der Waals surface area (Å²) in [5, 5.41) is 7.30. The van der Waals surface area contributed by atoms with Gasteiger partial charge in [-0.1, -0.05) is 30.7 Å². The minimum absolute atomic E-state index is 0.0231. The number of halogens is 1. The van der Waals surface area contributed by atoms with Crippen molar-refractivity contribution in [1.29, 1.82) is 0 Å². The van der Waals surface area contributed by atoms with Gasteiger partial charge in [0.15, 0.2) is 0 Å². The van der Waals surface area contributed by atoms with Crippen molar-refractivity contribution in [2.24, 2.45) is 5.92 Å². The summed E-state index contributed by atoms with van der Waals surface area (Å²) in [6, 6.07) is 6.23. The number of likely N-dealkylation sites (tertiary alicyclic amines) is 1. The van der Waals surface area contributed by atoms with Crippen LogP contribution < -0.4 is 10.6 Å². The predicted octanol–water partition coefficient (Wildman–Crippen LogP) is 2.98. The number of carbonyl (C=O) groups excluding carboxylic acids is 1. The molecule has 1 aromatic carbocycles. The number of amides is 1. The van der Waals surface area contributed by atoms with Crippen LogP contribution >= 0.6 is 11.6 Å². The van der Waals surface area contributed by atoms with E-state index in [0.717, 1.165) is 57.0 Å². The van der Waals surface area contributed by atoms with Crippen LogP contribution in [-0.2, 0) is 17.8 Å². The lowest BCUT2D eigenvalue weighted by Gasteiger charge is -2.33. The maximum absolute atomic E-state index is 12.2. The molecule has 2 atom stereocenters. The normalized spacial score (nSPS) is 24.4. The van der Waals surface area contributed by atoms with Crippen LogP contribution in [0.15, 0.2) is 18.2 Å². The first-order chi connectivity index (χ1) is 12.2. The Morgan fingerprint density at radius 1 is 1.36 bits per heavy atom. The number of benzene rings is 1. The molecule has 25 heavy (non-hydrogen) atoms. The molecule has 5 heteroatoms. The van der Waals surface area contributed by atoms with Crippen LogP contribution in [0.3, 0.4) is 0 Å². The maximum Gasteiger partial charge on any atom is 0.237 e. The van der Waals surface area contributed by atoms with E-state index in [0.29, 0.717) is 5.92 Å². The first-order valence-corrected chi connectivity index (χ1v) is 10.0. The van der Waals surface area contributed by atoms with Gasteiger partial charge in [-0.25, -0.2) is 0 Å². The Kier molecular flexibility index (Phi) is 6.74. The molecule has 0 radical (unpaired) electrons. The van der Waals surface area contributed by atoms with Crippen LogP contribution in [0.2, 0.25) is 5.02 Å². The third-order valence-electron chi connectivity index (χ3n) is 5.52. The highest BCUT2D eigenvalue weighted by Crippen LogP contribution is 2.25. The van der Waals surface area contributed by atoms with Crippen molar-refractivity contribution < 1.29 is 4.79 Å². The van der Waals surface area contributed by atoms with Gasteiger partial charge in [0.25, 0.3) is 0 Å². The monoisotopic (exact) mass is 363 g/mol. The average Bonchev–Trinajstić information content (AvgIpc) is 3.16. The van der Waals surface area contributed by atoms with Gasteiger partial charge in [0.1, 0.15) is 0 Å². The van der Waals surface area contributed by atoms with Gasteiger partial charge in [-0.15, -0.1) is 0 Å². The van der Waals surface area contributed by atoms with Crippen molar-refractivity contribution in [2.75, 3.05) is 26.2 Å². The number of aryl methyl sites for hydroxylation is 1. The summed E-state index contributed by atoms with van der Waals surface area (Å²) in [4.78, 5) is 14.7. The molecule has 2 saturated heterocycles. The number of carbonyl (C=O) groups is 1. The summed E-state index contributed by atoms with van der Waals surface area (Å²) < 4.78 is 0. The molecule has 2 heterocycles. The summed E-state index contributed by atoms with van der Waals surface area (Å²) in [6.45, 7) is 7.00. The minimum atomic E-state index is 0.0231. The number of hydrogen-bond donors (Lipinski definition) is 2. The van der Waals surface area contributed by atoms with Gasteiger partial charge in [0.2, 0.25) is 5.91 Å². The molecule has 2 N–H and O–H groups in total. The lowest BCUT2D eigenvalue weighted by atomic mass is 9.96. The van der Waals surface area contributed by atoms with E-state index in [1.165, 1.54) is 24.0 Å². The molecule has 4 nitrogen and oxygen atoms in total. The quantitative estimate of drug-likeness (QED) is 0.816. The van der Waals surface area contributed by atoms with E-state index in [2.05, 4.69) is 28.5 Å². The Bertz CT molecular complexity index is 586. The Morgan fingerprint density at radius 3 is 3.00 bits per heavy atom. The van der Waals surface area contributed by atoms with E-state index in [-0.39, 0.29) is 11.9 Å². The molecule has 3 rings (SSSR count). The zero-order valence-corrected chi connectivity index (χ0v) is 15.9. The molecule has 2 aliphatic rings. The number of rotatable bonds is 6. The third kappa shape index (κ3) is 4.96. The molecule has 0 bridgehead atoms. The van der Waals surface area contributed by atoms with E-state index in [1.807, 2.05) is 12.1 Å². The van der Waals surface area contributed by atoms with E-state index >= 15 is 0 Å². The zero-order valence-electron chi connectivity index (χ0n) is 15.2. The molecule has 0 spiro atoms. The average molecular weight is 364 g/mol. The molecule has 1 aromatic rings. The molecular weight excluding hydrogens is 334 g/mol. The Balaban J connectivity index is 1.52. The van der Waals surface area contributed by atoms with Crippen molar-refractivity contribution in [3.8, 4) is 0 Å². The number of nitrogens with one attached hydrogen (secondary N) is 2. The second-order valence-electron chi connectivity index (χ2n) is 7.37. The molecular formula is C20H30ClN3O. The SMILES string of the molecule is CCc1cccc(Cl)c1CN1CCCC(CNC(=O)C2CCCN2)C1. The van der Waals surface area contributed by atoms with Gasteiger partial charge in [-0.3, -0.25) is 9.69 Å². The molecule has 0 aromatic heterocycles. The van der Waals surface area contributed by atoms with Crippen molar-refractivity contribution in [3.63, 3.8) is 0 Å². The first kappa shape index (κ1) is 18.7. The van der Waals surface area contributed by atoms with Crippen LogP contribution in [0.1, 0.15) is 43.7 Å². The Hall–Kier alpha value is -1.10. The highest BCUT2D eigenvalue weighted by molar-refractivity contribution is 6.31. The summed E-state index contributed by atoms with van der Waals surface area (Å²) >= 11 is 6.45. The van der Waals surface area contributed by atoms with Gasteiger partial charge < -0.3 is 10.6 Å². The number of piperidine rings is 1. The van der Waals surface area contributed by atoms with Gasteiger partial charge in [0, 0.05) is 24.7 Å². The smallest absolute Gasteiger partial charge is 0.237 e. The topological polar surface area (TPSA) is 44.4 Å². The molecule has 2 fully saturated rings. The molecule has 2 unspecified atom stereocenters. The fourth-order valence-electron chi connectivity index (χ4n) is 4.07. The van der Waals surface area contributed by atoms with E-state index in [1.54, 1.807) is 0 Å². The molecule has 2 aliphatic heterocycles. The molecule has 1 amide bonds. The highest BCUT2D eigenvalue weighted by Gasteiger charge is 2.25. The van der Waals surface area contributed by atoms with Gasteiger partial charge in [0.05, 0.1) is 6.04 Å². The number of nitrogens with zero attached hydrogens (tertiary/aromatic N) is 1. The van der Waals surface area contributed by atoms with Gasteiger partial charge in [-0.2, -0.15) is 0 Å². The lowest BCUT2D eigenvalue weighted by Crippen LogP contribution is -2.45. The van der Waals surface area contributed by atoms with Gasteiger partial charge >= 0.3 is 0 Å². The van der Waals surface area contributed by atoms with Crippen molar-refractivity contribution >= 4 is 17.5 Å². The van der Waals surface area contributed by atoms with E-state index in [9.17, 15) is 4.79 Å². The highest BCUT2D eigenvalue weighted by atomic mass is 35.5.